The Morgan fingerprint density at radius 3 is 2.20 bits per heavy atom. The number of anilines is 1. The van der Waals surface area contributed by atoms with E-state index in [4.69, 9.17) is 8.92 Å². The van der Waals surface area contributed by atoms with Gasteiger partial charge in [0.05, 0.1) is 6.61 Å². The van der Waals surface area contributed by atoms with Crippen molar-refractivity contribution in [2.75, 3.05) is 11.3 Å². The van der Waals surface area contributed by atoms with E-state index in [9.17, 15) is 4.21 Å². The minimum atomic E-state index is -1.84. The maximum atomic E-state index is 13.2. The van der Waals surface area contributed by atoms with Crippen LogP contribution in [0.3, 0.4) is 0 Å². The van der Waals surface area contributed by atoms with Crippen LogP contribution in [0.25, 0.3) is 17.0 Å². The first-order chi connectivity index (χ1) is 21.1. The number of H-pyrrole nitrogens is 1. The molecule has 4 aromatic rings. The molecule has 0 amide bonds. The van der Waals surface area contributed by atoms with Crippen molar-refractivity contribution in [2.24, 2.45) is 5.41 Å². The van der Waals surface area contributed by atoms with Crippen molar-refractivity contribution in [3.63, 3.8) is 0 Å². The van der Waals surface area contributed by atoms with E-state index in [1.165, 1.54) is 25.7 Å². The molecule has 1 unspecified atom stereocenters. The van der Waals surface area contributed by atoms with Gasteiger partial charge in [-0.2, -0.15) is 8.84 Å². The van der Waals surface area contributed by atoms with Crippen LogP contribution in [0.5, 0.6) is 11.5 Å². The number of hydrogen-bond donors (Lipinski definition) is 2. The molecule has 2 aromatic heterocycles. The van der Waals surface area contributed by atoms with Gasteiger partial charge >= 0.3 is 11.3 Å². The molecule has 8 nitrogen and oxygen atoms in total. The zero-order chi connectivity index (χ0) is 32.8. The van der Waals surface area contributed by atoms with Gasteiger partial charge in [0.2, 0.25) is 0 Å². The van der Waals surface area contributed by atoms with Crippen LogP contribution in [0.4, 0.5) is 5.69 Å². The fourth-order valence-corrected chi connectivity index (χ4v) is 6.44. The maximum Gasteiger partial charge on any atom is 0.316 e. The average Bonchev–Trinajstić information content (AvgIpc) is 3.52. The van der Waals surface area contributed by atoms with E-state index in [2.05, 4.69) is 88.3 Å². The summed E-state index contributed by atoms with van der Waals surface area (Å²) in [6, 6.07) is 15.6. The number of hydrogen-bond acceptors (Lipinski definition) is 5. The molecule has 0 bridgehead atoms. The van der Waals surface area contributed by atoms with Crippen molar-refractivity contribution in [1.82, 2.24) is 19.8 Å². The fourth-order valence-electron chi connectivity index (χ4n) is 5.77. The summed E-state index contributed by atoms with van der Waals surface area (Å²) in [5, 5.41) is 7.91. The number of nitrogens with zero attached hydrogens (tertiary/aromatic N) is 3. The Kier molecular flexibility index (Phi) is 11.1. The molecule has 0 saturated carbocycles. The Hall–Kier alpha value is -3.33. The first-order valence-corrected chi connectivity index (χ1v) is 17.4. The van der Waals surface area contributed by atoms with E-state index in [1.54, 1.807) is 4.63 Å². The molecule has 2 aromatic carbocycles. The highest BCUT2D eigenvalue weighted by atomic mass is 32.2. The summed E-state index contributed by atoms with van der Waals surface area (Å²) in [5.41, 5.74) is 4.54. The van der Waals surface area contributed by atoms with Gasteiger partial charge in [0.1, 0.15) is 0 Å². The van der Waals surface area contributed by atoms with Crippen molar-refractivity contribution in [3.05, 3.63) is 59.8 Å². The summed E-state index contributed by atoms with van der Waals surface area (Å²) in [5.74, 6) is 1.71. The molecule has 45 heavy (non-hydrogen) atoms. The molecular weight excluding hydrogens is 582 g/mol. The number of nitrogens with one attached hydrogen (secondary N) is 2. The lowest BCUT2D eigenvalue weighted by molar-refractivity contribution is 0.281. The third-order valence-corrected chi connectivity index (χ3v) is 8.64. The van der Waals surface area contributed by atoms with E-state index in [1.807, 2.05) is 42.5 Å². The van der Waals surface area contributed by atoms with E-state index in [0.717, 1.165) is 41.7 Å². The van der Waals surface area contributed by atoms with Gasteiger partial charge in [0.25, 0.3) is 0 Å². The van der Waals surface area contributed by atoms with Crippen LogP contribution in [0, 0.1) is 5.41 Å². The van der Waals surface area contributed by atoms with E-state index in [-0.39, 0.29) is 16.2 Å². The molecule has 2 heterocycles. The molecule has 0 aliphatic carbocycles. The summed E-state index contributed by atoms with van der Waals surface area (Å²) < 4.78 is 30.1. The van der Waals surface area contributed by atoms with Crippen molar-refractivity contribution in [2.45, 2.75) is 118 Å². The lowest BCUT2D eigenvalue weighted by atomic mass is 9.72. The molecular formula is C36H53N5O3S. The Labute approximate surface area is 272 Å². The second-order valence-corrected chi connectivity index (χ2v) is 15.9. The van der Waals surface area contributed by atoms with Crippen molar-refractivity contribution in [3.8, 4) is 22.9 Å². The van der Waals surface area contributed by atoms with Crippen LogP contribution in [-0.2, 0) is 22.1 Å². The van der Waals surface area contributed by atoms with Gasteiger partial charge in [-0.15, -0.1) is 5.10 Å². The lowest BCUT2D eigenvalue weighted by Gasteiger charge is -2.33. The minimum absolute atomic E-state index is 0.0156. The average molecular weight is 636 g/mol. The second kappa shape index (κ2) is 14.4. The lowest BCUT2D eigenvalue weighted by Crippen LogP contribution is -2.25. The highest BCUT2D eigenvalue weighted by Crippen LogP contribution is 2.40. The quantitative estimate of drug-likeness (QED) is 0.127. The van der Waals surface area contributed by atoms with Gasteiger partial charge < -0.3 is 8.92 Å². The number of unbranched alkanes of at least 4 members (excludes halogenated alkanes) is 5. The van der Waals surface area contributed by atoms with E-state index >= 15 is 0 Å². The topological polar surface area (TPSA) is 93.5 Å². The number of aromatic amines is 1. The van der Waals surface area contributed by atoms with Crippen LogP contribution < -0.4 is 13.6 Å². The van der Waals surface area contributed by atoms with Crippen LogP contribution in [0.2, 0.25) is 0 Å². The minimum Gasteiger partial charge on any atom is -0.490 e. The molecule has 0 spiro atoms. The van der Waals surface area contributed by atoms with Crippen molar-refractivity contribution >= 4 is 22.6 Å². The van der Waals surface area contributed by atoms with Gasteiger partial charge in [-0.05, 0) is 65.6 Å². The predicted molar refractivity (Wildman–Crippen MR) is 186 cm³/mol. The summed E-state index contributed by atoms with van der Waals surface area (Å²) in [6.07, 6.45) is 8.11. The molecule has 1 atom stereocenters. The summed E-state index contributed by atoms with van der Waals surface area (Å²) in [7, 11) is 0. The summed E-state index contributed by atoms with van der Waals surface area (Å²) in [6.45, 7) is 20.5. The SMILES string of the molecule is CCCCCCCCOc1ccc(C(C)(C)CC(C)(C)C)cc1OS(=O)Nc1ccc(-c2nc3cc(C(C)(C)C)[nH]n3n2)cc1. The smallest absolute Gasteiger partial charge is 0.316 e. The molecule has 0 radical (unpaired) electrons. The molecule has 2 N–H and O–H groups in total. The van der Waals surface area contributed by atoms with Crippen molar-refractivity contribution in [1.29, 1.82) is 0 Å². The predicted octanol–water partition coefficient (Wildman–Crippen LogP) is 9.54. The van der Waals surface area contributed by atoms with Crippen LogP contribution in [-0.4, -0.2) is 30.6 Å². The number of aromatic nitrogens is 4. The number of ether oxygens (including phenoxy) is 1. The fraction of sp³-hybridized carbons (Fsp3) is 0.556. The number of benzene rings is 2. The Bertz CT molecular complexity index is 1530. The molecule has 246 valence electrons. The Morgan fingerprint density at radius 2 is 1.56 bits per heavy atom. The molecule has 4 rings (SSSR count). The number of rotatable bonds is 15. The van der Waals surface area contributed by atoms with Gasteiger partial charge in [-0.1, -0.05) is 100 Å². The van der Waals surface area contributed by atoms with E-state index in [0.29, 0.717) is 29.6 Å². The Morgan fingerprint density at radius 1 is 0.867 bits per heavy atom. The highest BCUT2D eigenvalue weighted by Gasteiger charge is 2.28. The van der Waals surface area contributed by atoms with Crippen LogP contribution in [0.15, 0.2) is 48.5 Å². The van der Waals surface area contributed by atoms with Crippen LogP contribution in [0.1, 0.15) is 119 Å². The molecule has 0 aliphatic rings. The zero-order valence-corrected chi connectivity index (χ0v) is 29.6. The van der Waals surface area contributed by atoms with Gasteiger partial charge in [0, 0.05) is 28.4 Å². The molecule has 0 fully saturated rings. The van der Waals surface area contributed by atoms with E-state index < -0.39 is 11.3 Å². The first-order valence-electron chi connectivity index (χ1n) is 16.4. The third kappa shape index (κ3) is 9.83. The Balaban J connectivity index is 1.44. The molecule has 0 aliphatic heterocycles. The largest absolute Gasteiger partial charge is 0.490 e. The zero-order valence-electron chi connectivity index (χ0n) is 28.8. The summed E-state index contributed by atoms with van der Waals surface area (Å²) >= 11 is -1.84. The maximum absolute atomic E-state index is 13.2. The molecule has 9 heteroatoms. The van der Waals surface area contributed by atoms with Gasteiger partial charge in [0.15, 0.2) is 23.0 Å². The van der Waals surface area contributed by atoms with Gasteiger partial charge in [-0.3, -0.25) is 9.82 Å². The third-order valence-electron chi connectivity index (χ3n) is 7.90. The van der Waals surface area contributed by atoms with Gasteiger partial charge in [-0.25, -0.2) is 4.98 Å². The normalized spacial score (nSPS) is 13.3. The highest BCUT2D eigenvalue weighted by molar-refractivity contribution is 7.82. The standard InChI is InChI=1S/C36H53N5O3S/c1-10-11-12-13-14-15-22-43-29-21-18-27(36(8,9)25-34(2,3)4)23-30(29)44-45(42)40-28-19-16-26(17-20-28)33-37-32-24-31(35(5,6)7)38-41(32)39-33/h16-21,23-24,38,40H,10-15,22,25H2,1-9H3. The monoisotopic (exact) mass is 635 g/mol. The second-order valence-electron chi connectivity index (χ2n) is 15.0. The molecule has 0 saturated heterocycles. The van der Waals surface area contributed by atoms with Crippen molar-refractivity contribution < 1.29 is 13.1 Å². The van der Waals surface area contributed by atoms with Crippen LogP contribution >= 0.6 is 0 Å². The first kappa shape index (κ1) is 34.5. The number of fused-ring (bicyclic) bond motifs is 1. The summed E-state index contributed by atoms with van der Waals surface area (Å²) in [4.78, 5) is 4.67.